The Morgan fingerprint density at radius 1 is 1.29 bits per heavy atom. The number of hydrogen-bond acceptors (Lipinski definition) is 2. The van der Waals surface area contributed by atoms with Crippen LogP contribution in [0.25, 0.3) is 0 Å². The first-order chi connectivity index (χ1) is 8.29. The van der Waals surface area contributed by atoms with Gasteiger partial charge >= 0.3 is 0 Å². The molecule has 1 aromatic rings. The Labute approximate surface area is 105 Å². The molecule has 0 bridgehead atoms. The maximum absolute atomic E-state index is 4.34. The first kappa shape index (κ1) is 12.6. The lowest BCUT2D eigenvalue weighted by molar-refractivity contribution is 0.254. The monoisotopic (exact) mass is 232 g/mol. The third-order valence-electron chi connectivity index (χ3n) is 3.97. The maximum Gasteiger partial charge on any atom is 0.0372 e. The Morgan fingerprint density at radius 3 is 2.82 bits per heavy atom. The van der Waals surface area contributed by atoms with Crippen LogP contribution < -0.4 is 5.32 Å². The van der Waals surface area contributed by atoms with Crippen LogP contribution in [-0.2, 0) is 6.54 Å². The molecule has 2 unspecified atom stereocenters. The van der Waals surface area contributed by atoms with Gasteiger partial charge in [-0.05, 0) is 37.3 Å². The largest absolute Gasteiger partial charge is 0.310 e. The van der Waals surface area contributed by atoms with Crippen LogP contribution in [0.2, 0.25) is 0 Å². The topological polar surface area (TPSA) is 24.9 Å². The average molecular weight is 232 g/mol. The number of nitrogens with one attached hydrogen (secondary N) is 1. The Bertz CT molecular complexity index is 331. The Balaban J connectivity index is 1.86. The molecule has 2 heteroatoms. The van der Waals surface area contributed by atoms with Gasteiger partial charge in [-0.3, -0.25) is 4.98 Å². The van der Waals surface area contributed by atoms with E-state index in [-0.39, 0.29) is 0 Å². The van der Waals surface area contributed by atoms with Crippen molar-refractivity contribution in [2.45, 2.75) is 58.5 Å². The first-order valence-electron chi connectivity index (χ1n) is 6.94. The Morgan fingerprint density at radius 2 is 2.12 bits per heavy atom. The fourth-order valence-electron chi connectivity index (χ4n) is 2.82. The Hall–Kier alpha value is -0.890. The van der Waals surface area contributed by atoms with Crippen LogP contribution in [0.5, 0.6) is 0 Å². The molecule has 1 heterocycles. The van der Waals surface area contributed by atoms with Gasteiger partial charge in [0.15, 0.2) is 0 Å². The summed E-state index contributed by atoms with van der Waals surface area (Å²) in [4.78, 5) is 4.34. The zero-order valence-electron chi connectivity index (χ0n) is 11.1. The molecule has 1 fully saturated rings. The molecule has 2 rings (SSSR count). The van der Waals surface area contributed by atoms with Gasteiger partial charge in [0.1, 0.15) is 0 Å². The molecule has 1 aliphatic carbocycles. The molecule has 17 heavy (non-hydrogen) atoms. The summed E-state index contributed by atoms with van der Waals surface area (Å²) in [5, 5.41) is 3.72. The molecule has 94 valence electrons. The highest BCUT2D eigenvalue weighted by Crippen LogP contribution is 2.26. The second-order valence-electron chi connectivity index (χ2n) is 5.25. The van der Waals surface area contributed by atoms with Crippen molar-refractivity contribution in [1.82, 2.24) is 10.3 Å². The van der Waals surface area contributed by atoms with Gasteiger partial charge in [0.25, 0.3) is 0 Å². The van der Waals surface area contributed by atoms with E-state index in [0.717, 1.165) is 24.2 Å². The summed E-state index contributed by atoms with van der Waals surface area (Å²) in [6.45, 7) is 5.32. The maximum atomic E-state index is 4.34. The average Bonchev–Trinajstić information content (AvgIpc) is 2.38. The molecule has 0 saturated heterocycles. The fourth-order valence-corrected chi connectivity index (χ4v) is 2.82. The number of pyridine rings is 1. The minimum Gasteiger partial charge on any atom is -0.310 e. The summed E-state index contributed by atoms with van der Waals surface area (Å²) in [7, 11) is 0. The van der Waals surface area contributed by atoms with Crippen LogP contribution in [0, 0.1) is 12.8 Å². The molecule has 0 amide bonds. The van der Waals surface area contributed by atoms with E-state index in [9.17, 15) is 0 Å². The van der Waals surface area contributed by atoms with E-state index in [1.165, 1.54) is 37.7 Å². The number of rotatable bonds is 4. The molecule has 1 N–H and O–H groups in total. The number of nitrogens with zero attached hydrogens (tertiary/aromatic N) is 1. The number of aromatic nitrogens is 1. The molecular weight excluding hydrogens is 208 g/mol. The zero-order valence-corrected chi connectivity index (χ0v) is 11.1. The summed E-state index contributed by atoms with van der Waals surface area (Å²) in [5.74, 6) is 0.877. The molecule has 1 aromatic heterocycles. The lowest BCUT2D eigenvalue weighted by Crippen LogP contribution is -2.37. The van der Waals surface area contributed by atoms with E-state index in [0.29, 0.717) is 0 Å². The van der Waals surface area contributed by atoms with E-state index in [1.807, 2.05) is 13.1 Å². The van der Waals surface area contributed by atoms with Gasteiger partial charge in [0, 0.05) is 24.5 Å². The molecule has 0 radical (unpaired) electrons. The zero-order chi connectivity index (χ0) is 12.1. The summed E-state index contributed by atoms with van der Waals surface area (Å²) >= 11 is 0. The highest BCUT2D eigenvalue weighted by molar-refractivity contribution is 5.12. The van der Waals surface area contributed by atoms with E-state index in [2.05, 4.69) is 29.4 Å². The van der Waals surface area contributed by atoms with Crippen LogP contribution in [0.15, 0.2) is 18.3 Å². The van der Waals surface area contributed by atoms with Crippen LogP contribution in [0.1, 0.15) is 50.3 Å². The molecule has 1 aliphatic rings. The van der Waals surface area contributed by atoms with Gasteiger partial charge in [-0.1, -0.05) is 32.3 Å². The van der Waals surface area contributed by atoms with Crippen LogP contribution in [-0.4, -0.2) is 11.0 Å². The van der Waals surface area contributed by atoms with Crippen molar-refractivity contribution in [3.8, 4) is 0 Å². The molecule has 0 aliphatic heterocycles. The van der Waals surface area contributed by atoms with E-state index < -0.39 is 0 Å². The van der Waals surface area contributed by atoms with Crippen LogP contribution in [0.3, 0.4) is 0 Å². The van der Waals surface area contributed by atoms with Gasteiger partial charge in [-0.2, -0.15) is 0 Å². The third-order valence-corrected chi connectivity index (χ3v) is 3.97. The molecule has 1 saturated carbocycles. The normalized spacial score (nSPS) is 24.8. The summed E-state index contributed by atoms with van der Waals surface area (Å²) in [6, 6.07) is 4.99. The lowest BCUT2D eigenvalue weighted by Gasteiger charge is -2.31. The van der Waals surface area contributed by atoms with Gasteiger partial charge in [-0.25, -0.2) is 0 Å². The lowest BCUT2D eigenvalue weighted by atomic mass is 9.83. The van der Waals surface area contributed by atoms with Crippen molar-refractivity contribution < 1.29 is 0 Å². The standard InChI is InChI=1S/C15H24N2/c1-3-14-6-4-5-7-15(14)17-11-13-9-8-12(2)16-10-13/h8-10,14-15,17H,3-7,11H2,1-2H3. The van der Waals surface area contributed by atoms with Crippen LogP contribution >= 0.6 is 0 Å². The SMILES string of the molecule is CCC1CCCCC1NCc1ccc(C)nc1. The van der Waals surface area contributed by atoms with Gasteiger partial charge < -0.3 is 5.32 Å². The van der Waals surface area contributed by atoms with Gasteiger partial charge in [0.2, 0.25) is 0 Å². The van der Waals surface area contributed by atoms with Crippen molar-refractivity contribution in [1.29, 1.82) is 0 Å². The van der Waals surface area contributed by atoms with Crippen molar-refractivity contribution in [3.63, 3.8) is 0 Å². The minimum atomic E-state index is 0.718. The molecule has 0 aromatic carbocycles. The molecule has 0 spiro atoms. The van der Waals surface area contributed by atoms with E-state index >= 15 is 0 Å². The van der Waals surface area contributed by atoms with Gasteiger partial charge in [-0.15, -0.1) is 0 Å². The Kier molecular flexibility index (Phi) is 4.55. The van der Waals surface area contributed by atoms with Gasteiger partial charge in [0.05, 0.1) is 0 Å². The fraction of sp³-hybridized carbons (Fsp3) is 0.667. The van der Waals surface area contributed by atoms with E-state index in [4.69, 9.17) is 0 Å². The minimum absolute atomic E-state index is 0.718. The molecule has 2 atom stereocenters. The van der Waals surface area contributed by atoms with Crippen molar-refractivity contribution in [3.05, 3.63) is 29.6 Å². The second-order valence-corrected chi connectivity index (χ2v) is 5.25. The summed E-state index contributed by atoms with van der Waals surface area (Å²) in [5.41, 5.74) is 2.40. The quantitative estimate of drug-likeness (QED) is 0.860. The summed E-state index contributed by atoms with van der Waals surface area (Å²) in [6.07, 6.45) is 8.86. The predicted octanol–water partition coefficient (Wildman–Crippen LogP) is 3.45. The highest BCUT2D eigenvalue weighted by Gasteiger charge is 2.22. The number of hydrogen-bond donors (Lipinski definition) is 1. The second kappa shape index (κ2) is 6.15. The highest BCUT2D eigenvalue weighted by atomic mass is 14.9. The van der Waals surface area contributed by atoms with Crippen molar-refractivity contribution in [2.24, 2.45) is 5.92 Å². The smallest absolute Gasteiger partial charge is 0.0372 e. The molecular formula is C15H24N2. The summed E-state index contributed by atoms with van der Waals surface area (Å²) < 4.78 is 0. The third kappa shape index (κ3) is 3.53. The first-order valence-corrected chi connectivity index (χ1v) is 6.94. The van der Waals surface area contributed by atoms with E-state index in [1.54, 1.807) is 0 Å². The predicted molar refractivity (Wildman–Crippen MR) is 71.9 cm³/mol. The van der Waals surface area contributed by atoms with Crippen LogP contribution in [0.4, 0.5) is 0 Å². The van der Waals surface area contributed by atoms with Crippen molar-refractivity contribution in [2.75, 3.05) is 0 Å². The van der Waals surface area contributed by atoms with Crippen molar-refractivity contribution >= 4 is 0 Å². The molecule has 2 nitrogen and oxygen atoms in total. The number of aryl methyl sites for hydroxylation is 1.